The maximum absolute atomic E-state index is 4.74. The van der Waals surface area contributed by atoms with Crippen molar-refractivity contribution in [2.24, 2.45) is 0 Å². The van der Waals surface area contributed by atoms with Crippen molar-refractivity contribution in [1.29, 1.82) is 0 Å². The van der Waals surface area contributed by atoms with Gasteiger partial charge in [-0.1, -0.05) is 0 Å². The van der Waals surface area contributed by atoms with Crippen molar-refractivity contribution in [3.05, 3.63) is 0 Å². The molecule has 0 unspecified atom stereocenters. The molecule has 0 aliphatic carbocycles. The summed E-state index contributed by atoms with van der Waals surface area (Å²) in [5.41, 5.74) is 0. The van der Waals surface area contributed by atoms with Gasteiger partial charge in [0.25, 0.3) is 0 Å². The van der Waals surface area contributed by atoms with E-state index in [4.69, 9.17) is 20.1 Å². The van der Waals surface area contributed by atoms with Crippen LogP contribution in [-0.4, -0.2) is 69.4 Å². The first-order chi connectivity index (χ1) is 3.41. The third-order valence-corrected chi connectivity index (χ3v) is 27.0. The first-order valence-corrected chi connectivity index (χ1v) is 19.8. The van der Waals surface area contributed by atoms with E-state index in [1.165, 1.54) is 0 Å². The molecule has 0 aliphatic heterocycles. The zero-order valence-electron chi connectivity index (χ0n) is 3.49. The summed E-state index contributed by atoms with van der Waals surface area (Å²) in [4.78, 5) is 0. The molecular formula is Ga2S4Sr. The summed E-state index contributed by atoms with van der Waals surface area (Å²) < 4.78 is 0. The molecule has 7 heteroatoms. The van der Waals surface area contributed by atoms with Gasteiger partial charge in [-0.25, -0.2) is 0 Å². The molecule has 0 bridgehead atoms. The molecule has 0 nitrogen and oxygen atoms in total. The Morgan fingerprint density at radius 3 is 1.43 bits per heavy atom. The van der Waals surface area contributed by atoms with Crippen LogP contribution in [0.1, 0.15) is 0 Å². The standard InChI is InChI=1S/2Ga.4S.Sr. The van der Waals surface area contributed by atoms with Crippen LogP contribution in [0, 0.1) is 0 Å². The number of hydrogen-bond donors (Lipinski definition) is 0. The van der Waals surface area contributed by atoms with Gasteiger partial charge in [-0.2, -0.15) is 0 Å². The van der Waals surface area contributed by atoms with Crippen LogP contribution < -0.4 is 0 Å². The summed E-state index contributed by atoms with van der Waals surface area (Å²) in [7, 11) is 11.4. The zero-order chi connectivity index (χ0) is 6.12. The van der Waals surface area contributed by atoms with Crippen LogP contribution >= 0.6 is 32.8 Å². The van der Waals surface area contributed by atoms with Crippen LogP contribution in [0.2, 0.25) is 0 Å². The quantitative estimate of drug-likeness (QED) is 0.688. The minimum atomic E-state index is -0.237. The van der Waals surface area contributed by atoms with E-state index in [-0.39, 0.29) is 28.8 Å². The van der Waals surface area contributed by atoms with E-state index in [0.717, 1.165) is 40.5 Å². The Labute approximate surface area is 99.0 Å². The Morgan fingerprint density at radius 1 is 1.14 bits per heavy atom. The zero-order valence-corrected chi connectivity index (χ0v) is 15.1. The fourth-order valence-corrected chi connectivity index (χ4v) is 16.5. The van der Waals surface area contributed by atoms with Gasteiger partial charge in [0.05, 0.1) is 0 Å². The molecule has 0 aliphatic rings. The van der Waals surface area contributed by atoms with Crippen LogP contribution in [0.5, 0.6) is 0 Å². The number of rotatable bonds is 2. The summed E-state index contributed by atoms with van der Waals surface area (Å²) in [5, 5.41) is 4.25. The van der Waals surface area contributed by atoms with Gasteiger partial charge < -0.3 is 0 Å². The summed E-state index contributed by atoms with van der Waals surface area (Å²) in [6.07, 6.45) is 0. The van der Waals surface area contributed by atoms with Crippen LogP contribution in [0.4, 0.5) is 0 Å². The fraction of sp³-hybridized carbons (Fsp3) is 0. The first-order valence-electron chi connectivity index (χ1n) is 1.23. The molecule has 0 heterocycles. The van der Waals surface area contributed by atoms with Gasteiger partial charge in [0.15, 0.2) is 0 Å². The van der Waals surface area contributed by atoms with E-state index < -0.39 is 0 Å². The van der Waals surface area contributed by atoms with E-state index >= 15 is 0 Å². The molecule has 0 rings (SSSR count). The van der Waals surface area contributed by atoms with Gasteiger partial charge in [0.2, 0.25) is 0 Å². The molecule has 0 aromatic rings. The molecule has 7 heavy (non-hydrogen) atoms. The summed E-state index contributed by atoms with van der Waals surface area (Å²) in [6, 6.07) is 0. The monoisotopic (exact) mass is 354 g/mol. The van der Waals surface area contributed by atoms with Crippen molar-refractivity contribution in [2.45, 2.75) is 0 Å². The molecule has 0 aromatic carbocycles. The Bertz CT molecular complexity index is 47.7. The van der Waals surface area contributed by atoms with Gasteiger partial charge in [-0.05, 0) is 0 Å². The van der Waals surface area contributed by atoms with E-state index in [0.29, 0.717) is 0 Å². The molecule has 0 N–H and O–H groups in total. The summed E-state index contributed by atoms with van der Waals surface area (Å²) >= 11 is 0.259. The molecule has 0 amide bonds. The van der Waals surface area contributed by atoms with Crippen LogP contribution in [-0.2, 0) is 0 Å². The SMILES string of the molecule is [S]=[Ga][S][Ga]=[S].[S]=[Sr]. The van der Waals surface area contributed by atoms with Gasteiger partial charge in [0, 0.05) is 0 Å². The van der Waals surface area contributed by atoms with Crippen LogP contribution in [0.15, 0.2) is 0 Å². The van der Waals surface area contributed by atoms with E-state index in [2.05, 4.69) is 5.05 Å². The minimum absolute atomic E-state index is 0.237. The summed E-state index contributed by atoms with van der Waals surface area (Å²) in [5.74, 6) is 0. The molecule has 0 spiro atoms. The summed E-state index contributed by atoms with van der Waals surface area (Å²) in [6.45, 7) is 0. The van der Waals surface area contributed by atoms with E-state index in [9.17, 15) is 0 Å². The third-order valence-electron chi connectivity index (χ3n) is 0.111. The van der Waals surface area contributed by atoms with Crippen molar-refractivity contribution in [3.63, 3.8) is 0 Å². The van der Waals surface area contributed by atoms with E-state index in [1.54, 1.807) is 0 Å². The van der Waals surface area contributed by atoms with Crippen molar-refractivity contribution in [2.75, 3.05) is 0 Å². The maximum atomic E-state index is 4.74. The Balaban J connectivity index is 0. The average Bonchev–Trinajstić information content (AvgIpc) is 1.75. The Morgan fingerprint density at radius 2 is 1.43 bits per heavy atom. The van der Waals surface area contributed by atoms with Crippen LogP contribution in [0.25, 0.3) is 0 Å². The first kappa shape index (κ1) is 13.4. The molecule has 0 atom stereocenters. The van der Waals surface area contributed by atoms with Gasteiger partial charge >= 0.3 is 102 Å². The second kappa shape index (κ2) is 16.4. The Kier molecular flexibility index (Phi) is 31.3. The molecule has 32 valence electrons. The Hall–Kier alpha value is 3.76. The molecule has 0 aromatic heterocycles. The van der Waals surface area contributed by atoms with Crippen molar-refractivity contribution >= 4 is 102 Å². The van der Waals surface area contributed by atoms with Crippen molar-refractivity contribution in [1.82, 2.24) is 0 Å². The third kappa shape index (κ3) is 17.7. The van der Waals surface area contributed by atoms with Crippen molar-refractivity contribution in [3.8, 4) is 0 Å². The van der Waals surface area contributed by atoms with Gasteiger partial charge in [-0.15, -0.1) is 0 Å². The topological polar surface area (TPSA) is 0 Å². The van der Waals surface area contributed by atoms with E-state index in [1.807, 2.05) is 7.63 Å². The fourth-order valence-electron chi connectivity index (χ4n) is 0.0227. The second-order valence-corrected chi connectivity index (χ2v) is 20.0. The van der Waals surface area contributed by atoms with Crippen molar-refractivity contribution < 1.29 is 0 Å². The van der Waals surface area contributed by atoms with Crippen LogP contribution in [0.3, 0.4) is 0 Å². The number of hydrogen-bond acceptors (Lipinski definition) is 4. The predicted octanol–water partition coefficient (Wildman–Crippen LogP) is 1.45. The second-order valence-electron chi connectivity index (χ2n) is 0.329. The average molecular weight is 355 g/mol. The molecule has 0 saturated carbocycles. The predicted molar refractivity (Wildman–Crippen MR) is 47.6 cm³/mol. The molecular weight excluding hydrogens is 355 g/mol. The van der Waals surface area contributed by atoms with Gasteiger partial charge in [0.1, 0.15) is 0 Å². The molecule has 0 fully saturated rings. The molecule has 0 saturated heterocycles. The molecule has 0 radical (unpaired) electrons. The normalized spacial score (nSPS) is 4.29. The van der Waals surface area contributed by atoms with Gasteiger partial charge in [-0.3, -0.25) is 0 Å².